The van der Waals surface area contributed by atoms with Crippen molar-refractivity contribution in [2.24, 2.45) is 0 Å². The molecule has 2 aromatic heterocycles. The topological polar surface area (TPSA) is 124 Å². The monoisotopic (exact) mass is 459 g/mol. The van der Waals surface area contributed by atoms with Gasteiger partial charge in [-0.1, -0.05) is 18.2 Å². The van der Waals surface area contributed by atoms with Crippen LogP contribution in [0.4, 0.5) is 10.5 Å². The summed E-state index contributed by atoms with van der Waals surface area (Å²) >= 11 is 1.32. The zero-order valence-electron chi connectivity index (χ0n) is 17.1. The zero-order valence-corrected chi connectivity index (χ0v) is 17.9. The van der Waals surface area contributed by atoms with E-state index in [-0.39, 0.29) is 30.5 Å². The number of hydrogen-bond acceptors (Lipinski definition) is 6. The highest BCUT2D eigenvalue weighted by Crippen LogP contribution is 2.24. The predicted octanol–water partition coefficient (Wildman–Crippen LogP) is 3.10. The lowest BCUT2D eigenvalue weighted by atomic mass is 10.1. The molecule has 0 atom stereocenters. The summed E-state index contributed by atoms with van der Waals surface area (Å²) in [6.07, 6.45) is 1.57. The summed E-state index contributed by atoms with van der Waals surface area (Å²) < 4.78 is 0. The summed E-state index contributed by atoms with van der Waals surface area (Å²) in [5.74, 6) is -0.672. The molecule has 2 aromatic carbocycles. The lowest BCUT2D eigenvalue weighted by molar-refractivity contribution is 0.0640. The predicted molar refractivity (Wildman–Crippen MR) is 123 cm³/mol. The molecule has 0 saturated carbocycles. The normalized spacial score (nSPS) is 12.8. The molecule has 9 nitrogen and oxygen atoms in total. The number of anilines is 1. The number of hydrogen-bond donors (Lipinski definition) is 3. The second-order valence-corrected chi connectivity index (χ2v) is 8.33. The van der Waals surface area contributed by atoms with Gasteiger partial charge in [-0.15, -0.1) is 11.3 Å². The van der Waals surface area contributed by atoms with Gasteiger partial charge in [-0.2, -0.15) is 0 Å². The van der Waals surface area contributed by atoms with Crippen LogP contribution in [-0.4, -0.2) is 32.7 Å². The van der Waals surface area contributed by atoms with Crippen molar-refractivity contribution in [3.05, 3.63) is 92.3 Å². The van der Waals surface area contributed by atoms with E-state index >= 15 is 0 Å². The van der Waals surface area contributed by atoms with E-state index in [0.29, 0.717) is 32.9 Å². The highest BCUT2D eigenvalue weighted by atomic mass is 32.1. The molecular weight excluding hydrogens is 442 g/mol. The second-order valence-electron chi connectivity index (χ2n) is 7.39. The van der Waals surface area contributed by atoms with Crippen molar-refractivity contribution < 1.29 is 14.4 Å². The summed E-state index contributed by atoms with van der Waals surface area (Å²) in [6, 6.07) is 13.1. The van der Waals surface area contributed by atoms with Gasteiger partial charge in [-0.25, -0.2) is 9.78 Å². The Hall–Kier alpha value is -4.31. The van der Waals surface area contributed by atoms with Crippen LogP contribution in [0.5, 0.6) is 0 Å². The molecule has 3 heterocycles. The highest BCUT2D eigenvalue weighted by Gasteiger charge is 2.35. The first kappa shape index (κ1) is 20.6. The summed E-state index contributed by atoms with van der Waals surface area (Å²) in [5.41, 5.74) is 1.62. The fraction of sp³-hybridized carbons (Fsp3) is 0.0870. The minimum atomic E-state index is -0.446. The molecule has 4 amide bonds. The minimum absolute atomic E-state index is 0.0701. The Morgan fingerprint density at radius 2 is 1.79 bits per heavy atom. The third-order valence-electron chi connectivity index (χ3n) is 5.23. The number of aromatic nitrogens is 2. The van der Waals surface area contributed by atoms with E-state index in [9.17, 15) is 19.2 Å². The molecule has 3 N–H and O–H groups in total. The number of carbonyl (C=O) groups is 3. The van der Waals surface area contributed by atoms with E-state index in [1.807, 2.05) is 0 Å². The number of pyridine rings is 1. The second kappa shape index (κ2) is 8.32. The van der Waals surface area contributed by atoms with Gasteiger partial charge >= 0.3 is 6.03 Å². The molecule has 1 aliphatic heterocycles. The number of urea groups is 1. The van der Waals surface area contributed by atoms with E-state index in [1.165, 1.54) is 16.2 Å². The Bertz CT molecular complexity index is 1440. The Morgan fingerprint density at radius 3 is 2.55 bits per heavy atom. The van der Waals surface area contributed by atoms with Gasteiger partial charge in [0.1, 0.15) is 5.01 Å². The number of imide groups is 1. The van der Waals surface area contributed by atoms with Crippen molar-refractivity contribution in [2.75, 3.05) is 5.32 Å². The maximum Gasteiger partial charge on any atom is 0.319 e. The van der Waals surface area contributed by atoms with Crippen LogP contribution in [-0.2, 0) is 13.1 Å². The first-order valence-electron chi connectivity index (χ1n) is 10.0. The molecule has 4 aromatic rings. The third kappa shape index (κ3) is 3.99. The number of nitrogens with one attached hydrogen (secondary N) is 3. The number of thiazole rings is 1. The molecule has 0 bridgehead atoms. The van der Waals surface area contributed by atoms with E-state index in [0.717, 1.165) is 5.39 Å². The Labute approximate surface area is 191 Å². The van der Waals surface area contributed by atoms with Crippen molar-refractivity contribution in [1.82, 2.24) is 20.2 Å². The summed E-state index contributed by atoms with van der Waals surface area (Å²) in [4.78, 5) is 57.4. The van der Waals surface area contributed by atoms with Gasteiger partial charge in [0.2, 0.25) is 0 Å². The van der Waals surface area contributed by atoms with Crippen LogP contribution < -0.4 is 16.2 Å². The molecule has 5 rings (SSSR count). The quantitative estimate of drug-likeness (QED) is 0.396. The first-order chi connectivity index (χ1) is 16.0. The molecule has 1 aliphatic rings. The number of rotatable bonds is 5. The average molecular weight is 459 g/mol. The summed E-state index contributed by atoms with van der Waals surface area (Å²) in [6.45, 7) is 0.244. The molecule has 0 aliphatic carbocycles. The highest BCUT2D eigenvalue weighted by molar-refractivity contribution is 7.09. The van der Waals surface area contributed by atoms with E-state index in [1.54, 1.807) is 60.1 Å². The van der Waals surface area contributed by atoms with Gasteiger partial charge in [-0.05, 0) is 35.7 Å². The Morgan fingerprint density at radius 1 is 1.03 bits per heavy atom. The van der Waals surface area contributed by atoms with Gasteiger partial charge in [0.25, 0.3) is 17.4 Å². The smallest absolute Gasteiger partial charge is 0.319 e. The van der Waals surface area contributed by atoms with Crippen LogP contribution in [0.3, 0.4) is 0 Å². The molecule has 0 unspecified atom stereocenters. The molecule has 0 radical (unpaired) electrons. The molecule has 0 spiro atoms. The molecular formula is C23H17N5O4S. The zero-order chi connectivity index (χ0) is 22.9. The largest absolute Gasteiger partial charge is 0.331 e. The standard InChI is InChI=1S/C23H17N5O4S/c29-20-18-9-14(6-5-13(18)7-8-24-20)27-23(32)25-10-19-26-15(12-33-19)11-28-21(30)16-3-1-2-4-17(16)22(28)31/h1-9,12H,10-11H2,(H,24,29)(H2,25,27,32). The maximum atomic E-state index is 12.5. The Balaban J connectivity index is 1.19. The third-order valence-corrected chi connectivity index (χ3v) is 6.13. The van der Waals surface area contributed by atoms with Crippen LogP contribution in [0.1, 0.15) is 31.4 Å². The fourth-order valence-electron chi connectivity index (χ4n) is 3.64. The number of benzene rings is 2. The minimum Gasteiger partial charge on any atom is -0.331 e. The van der Waals surface area contributed by atoms with Crippen LogP contribution in [0.15, 0.2) is 64.9 Å². The van der Waals surface area contributed by atoms with E-state index in [2.05, 4.69) is 20.6 Å². The number of amides is 4. The lowest BCUT2D eigenvalue weighted by Gasteiger charge is -2.11. The molecule has 0 fully saturated rings. The van der Waals surface area contributed by atoms with Gasteiger partial charge < -0.3 is 15.6 Å². The van der Waals surface area contributed by atoms with E-state index in [4.69, 9.17) is 0 Å². The van der Waals surface area contributed by atoms with Gasteiger partial charge in [-0.3, -0.25) is 19.3 Å². The Kier molecular flexibility index (Phi) is 5.19. The fourth-order valence-corrected chi connectivity index (χ4v) is 4.36. The number of aromatic amines is 1. The maximum absolute atomic E-state index is 12.5. The average Bonchev–Trinajstić information content (AvgIpc) is 3.37. The molecule has 10 heteroatoms. The van der Waals surface area contributed by atoms with Crippen molar-refractivity contribution >= 4 is 45.6 Å². The van der Waals surface area contributed by atoms with Crippen molar-refractivity contribution in [1.29, 1.82) is 0 Å². The van der Waals surface area contributed by atoms with Gasteiger partial charge in [0.05, 0.1) is 29.9 Å². The van der Waals surface area contributed by atoms with Gasteiger partial charge in [0.15, 0.2) is 0 Å². The number of fused-ring (bicyclic) bond motifs is 2. The van der Waals surface area contributed by atoms with Crippen LogP contribution in [0.25, 0.3) is 10.8 Å². The van der Waals surface area contributed by atoms with Crippen molar-refractivity contribution in [2.45, 2.75) is 13.1 Å². The molecule has 33 heavy (non-hydrogen) atoms. The summed E-state index contributed by atoms with van der Waals surface area (Å²) in [5, 5.41) is 9.05. The molecule has 0 saturated heterocycles. The summed E-state index contributed by atoms with van der Waals surface area (Å²) in [7, 11) is 0. The number of carbonyl (C=O) groups excluding carboxylic acids is 3. The lowest BCUT2D eigenvalue weighted by Crippen LogP contribution is -2.29. The van der Waals surface area contributed by atoms with Gasteiger partial charge in [0, 0.05) is 22.7 Å². The molecule has 164 valence electrons. The first-order valence-corrected chi connectivity index (χ1v) is 10.9. The van der Waals surface area contributed by atoms with Crippen LogP contribution >= 0.6 is 11.3 Å². The number of H-pyrrole nitrogens is 1. The van der Waals surface area contributed by atoms with E-state index < -0.39 is 6.03 Å². The SMILES string of the molecule is O=C(NCc1nc(CN2C(=O)c3ccccc3C2=O)cs1)Nc1ccc2cc[nH]c(=O)c2c1. The van der Waals surface area contributed by atoms with Crippen LogP contribution in [0, 0.1) is 0 Å². The van der Waals surface area contributed by atoms with Crippen LogP contribution in [0.2, 0.25) is 0 Å². The van der Waals surface area contributed by atoms with Crippen molar-refractivity contribution in [3.8, 4) is 0 Å². The van der Waals surface area contributed by atoms with Crippen molar-refractivity contribution in [3.63, 3.8) is 0 Å². The number of nitrogens with zero attached hydrogens (tertiary/aromatic N) is 2.